The Morgan fingerprint density at radius 3 is 2.90 bits per heavy atom. The number of nitrogens with zero attached hydrogens (tertiary/aromatic N) is 1. The Labute approximate surface area is 127 Å². The zero-order valence-corrected chi connectivity index (χ0v) is 13.1. The van der Waals surface area contributed by atoms with Gasteiger partial charge in [0.05, 0.1) is 12.1 Å². The number of hydrogen-bond acceptors (Lipinski definition) is 2. The molecule has 0 bridgehead atoms. The third-order valence-corrected chi connectivity index (χ3v) is 4.37. The number of amides is 1. The maximum atomic E-state index is 12.9. The summed E-state index contributed by atoms with van der Waals surface area (Å²) in [6.07, 6.45) is 2.27. The molecule has 0 saturated carbocycles. The normalized spacial score (nSPS) is 21.6. The quantitative estimate of drug-likeness (QED) is 0.806. The molecular formula is C18H24N2O. The number of rotatable bonds is 1. The largest absolute Gasteiger partial charge is 0.336 e. The first-order valence-electron chi connectivity index (χ1n) is 7.65. The number of piperidine rings is 1. The zero-order valence-electron chi connectivity index (χ0n) is 13.1. The smallest absolute Gasteiger partial charge is 0.255 e. The van der Waals surface area contributed by atoms with E-state index in [2.05, 4.69) is 25.7 Å². The summed E-state index contributed by atoms with van der Waals surface area (Å²) in [6, 6.07) is 6.11. The number of carbonyl (C=O) groups is 1. The first kappa shape index (κ1) is 15.6. The minimum absolute atomic E-state index is 0.0929. The van der Waals surface area contributed by atoms with Crippen LogP contribution in [0, 0.1) is 24.7 Å². The monoisotopic (exact) mass is 284 g/mol. The maximum Gasteiger partial charge on any atom is 0.255 e. The molecule has 0 spiro atoms. The Morgan fingerprint density at radius 1 is 1.43 bits per heavy atom. The zero-order chi connectivity index (χ0) is 15.4. The Morgan fingerprint density at radius 2 is 2.19 bits per heavy atom. The summed E-state index contributed by atoms with van der Waals surface area (Å²) < 4.78 is 0. The van der Waals surface area contributed by atoms with Gasteiger partial charge in [0.25, 0.3) is 5.91 Å². The predicted molar refractivity (Wildman–Crippen MR) is 86.0 cm³/mol. The van der Waals surface area contributed by atoms with Gasteiger partial charge < -0.3 is 10.6 Å². The van der Waals surface area contributed by atoms with Crippen molar-refractivity contribution in [1.82, 2.24) is 4.90 Å². The van der Waals surface area contributed by atoms with Gasteiger partial charge in [-0.05, 0) is 50.3 Å². The van der Waals surface area contributed by atoms with Crippen LogP contribution in [-0.2, 0) is 0 Å². The van der Waals surface area contributed by atoms with Crippen LogP contribution < -0.4 is 5.73 Å². The van der Waals surface area contributed by atoms with Gasteiger partial charge in [-0.3, -0.25) is 4.79 Å². The van der Waals surface area contributed by atoms with Gasteiger partial charge in [-0.1, -0.05) is 24.8 Å². The summed E-state index contributed by atoms with van der Waals surface area (Å²) >= 11 is 0. The van der Waals surface area contributed by atoms with E-state index in [-0.39, 0.29) is 11.9 Å². The molecule has 2 N–H and O–H groups in total. The van der Waals surface area contributed by atoms with E-state index in [1.165, 1.54) is 6.42 Å². The molecule has 1 aliphatic rings. The fourth-order valence-corrected chi connectivity index (χ4v) is 2.87. The highest BCUT2D eigenvalue weighted by molar-refractivity contribution is 5.97. The van der Waals surface area contributed by atoms with Gasteiger partial charge in [0.2, 0.25) is 0 Å². The van der Waals surface area contributed by atoms with E-state index in [1.54, 1.807) is 0 Å². The molecule has 1 aliphatic heterocycles. The predicted octanol–water partition coefficient (Wildman–Crippen LogP) is 2.57. The second-order valence-corrected chi connectivity index (χ2v) is 5.91. The van der Waals surface area contributed by atoms with Crippen molar-refractivity contribution in [2.75, 3.05) is 13.1 Å². The lowest BCUT2D eigenvalue weighted by Crippen LogP contribution is -2.46. The minimum atomic E-state index is 0.0929. The molecule has 2 rings (SSSR count). The Bertz CT molecular complexity index is 583. The summed E-state index contributed by atoms with van der Waals surface area (Å²) in [4.78, 5) is 14.9. The van der Waals surface area contributed by atoms with E-state index < -0.39 is 0 Å². The summed E-state index contributed by atoms with van der Waals surface area (Å²) in [5.74, 6) is 6.54. The number of nitrogens with two attached hydrogens (primary N) is 1. The van der Waals surface area contributed by atoms with Crippen LogP contribution in [0.15, 0.2) is 18.2 Å². The van der Waals surface area contributed by atoms with Gasteiger partial charge in [-0.15, -0.1) is 0 Å². The Kier molecular flexibility index (Phi) is 5.03. The van der Waals surface area contributed by atoms with Gasteiger partial charge in [-0.2, -0.15) is 0 Å². The molecule has 3 nitrogen and oxygen atoms in total. The number of benzene rings is 1. The molecule has 1 aromatic rings. The van der Waals surface area contributed by atoms with Crippen LogP contribution >= 0.6 is 0 Å². The van der Waals surface area contributed by atoms with Gasteiger partial charge in [0.15, 0.2) is 0 Å². The van der Waals surface area contributed by atoms with Crippen LogP contribution in [0.1, 0.15) is 48.2 Å². The average Bonchev–Trinajstić information content (AvgIpc) is 2.47. The molecule has 0 aliphatic carbocycles. The van der Waals surface area contributed by atoms with Gasteiger partial charge in [0, 0.05) is 18.2 Å². The molecular weight excluding hydrogens is 260 g/mol. The van der Waals surface area contributed by atoms with Crippen LogP contribution in [-0.4, -0.2) is 29.9 Å². The fourth-order valence-electron chi connectivity index (χ4n) is 2.87. The van der Waals surface area contributed by atoms with Gasteiger partial charge in [0.1, 0.15) is 0 Å². The minimum Gasteiger partial charge on any atom is -0.336 e. The number of carbonyl (C=O) groups excluding carboxylic acids is 1. The van der Waals surface area contributed by atoms with Crippen molar-refractivity contribution in [1.29, 1.82) is 0 Å². The Balaban J connectivity index is 2.34. The fraction of sp³-hybridized carbons (Fsp3) is 0.500. The lowest BCUT2D eigenvalue weighted by molar-refractivity contribution is 0.0551. The van der Waals surface area contributed by atoms with Gasteiger partial charge in [-0.25, -0.2) is 0 Å². The standard InChI is InChI=1S/C18H24N2O/c1-13-8-9-17(16(12-13)7-4-10-19)18(21)20-11-5-6-14(2)15(20)3/h8-9,12,14-15H,5-6,10-11,19H2,1-3H3. The lowest BCUT2D eigenvalue weighted by Gasteiger charge is -2.38. The van der Waals surface area contributed by atoms with Crippen molar-refractivity contribution in [3.63, 3.8) is 0 Å². The highest BCUT2D eigenvalue weighted by atomic mass is 16.2. The maximum absolute atomic E-state index is 12.9. The van der Waals surface area contributed by atoms with E-state index in [0.29, 0.717) is 18.0 Å². The third-order valence-electron chi connectivity index (χ3n) is 4.37. The van der Waals surface area contributed by atoms with Crippen LogP contribution in [0.4, 0.5) is 0 Å². The van der Waals surface area contributed by atoms with Crippen LogP contribution in [0.5, 0.6) is 0 Å². The van der Waals surface area contributed by atoms with Crippen LogP contribution in [0.3, 0.4) is 0 Å². The first-order chi connectivity index (χ1) is 10.0. The molecule has 3 heteroatoms. The molecule has 2 unspecified atom stereocenters. The third kappa shape index (κ3) is 3.46. The van der Waals surface area contributed by atoms with Crippen molar-refractivity contribution < 1.29 is 4.79 Å². The topological polar surface area (TPSA) is 46.3 Å². The molecule has 1 heterocycles. The second-order valence-electron chi connectivity index (χ2n) is 5.91. The van der Waals surface area contributed by atoms with Crippen molar-refractivity contribution in [2.24, 2.45) is 11.7 Å². The molecule has 0 aromatic heterocycles. The van der Waals surface area contributed by atoms with E-state index >= 15 is 0 Å². The number of aryl methyl sites for hydroxylation is 1. The SMILES string of the molecule is Cc1ccc(C(=O)N2CCCC(C)C2C)c(C#CCN)c1. The lowest BCUT2D eigenvalue weighted by atomic mass is 9.91. The Hall–Kier alpha value is -1.79. The van der Waals surface area contributed by atoms with Gasteiger partial charge >= 0.3 is 0 Å². The highest BCUT2D eigenvalue weighted by Crippen LogP contribution is 2.25. The van der Waals surface area contributed by atoms with E-state index in [1.807, 2.05) is 30.0 Å². The number of likely N-dealkylation sites (tertiary alicyclic amines) is 1. The summed E-state index contributed by atoms with van der Waals surface area (Å²) in [5, 5.41) is 0. The molecule has 21 heavy (non-hydrogen) atoms. The van der Waals surface area contributed by atoms with E-state index in [4.69, 9.17) is 5.73 Å². The van der Waals surface area contributed by atoms with E-state index in [9.17, 15) is 4.79 Å². The summed E-state index contributed by atoms with van der Waals surface area (Å²) in [7, 11) is 0. The first-order valence-corrected chi connectivity index (χ1v) is 7.65. The van der Waals surface area contributed by atoms with Crippen LogP contribution in [0.25, 0.3) is 0 Å². The van der Waals surface area contributed by atoms with Crippen molar-refractivity contribution >= 4 is 5.91 Å². The molecule has 2 atom stereocenters. The van der Waals surface area contributed by atoms with E-state index in [0.717, 1.165) is 24.1 Å². The van der Waals surface area contributed by atoms with Crippen LogP contribution in [0.2, 0.25) is 0 Å². The summed E-state index contributed by atoms with van der Waals surface area (Å²) in [6.45, 7) is 7.50. The number of hydrogen-bond donors (Lipinski definition) is 1. The highest BCUT2D eigenvalue weighted by Gasteiger charge is 2.29. The molecule has 0 radical (unpaired) electrons. The van der Waals surface area contributed by atoms with Crippen molar-refractivity contribution in [2.45, 2.75) is 39.7 Å². The molecule has 112 valence electrons. The van der Waals surface area contributed by atoms with Crippen molar-refractivity contribution in [3.8, 4) is 11.8 Å². The molecule has 1 fully saturated rings. The second kappa shape index (κ2) is 6.78. The average molecular weight is 284 g/mol. The molecule has 1 aromatic carbocycles. The summed E-state index contributed by atoms with van der Waals surface area (Å²) in [5.41, 5.74) is 8.04. The molecule has 1 amide bonds. The van der Waals surface area contributed by atoms with Crippen molar-refractivity contribution in [3.05, 3.63) is 34.9 Å². The molecule has 1 saturated heterocycles.